The number of hydrogen-bond acceptors (Lipinski definition) is 5. The fraction of sp³-hybridized carbons (Fsp3) is 0.0435. The first-order chi connectivity index (χ1) is 14.8. The third kappa shape index (κ3) is 2.73. The highest BCUT2D eigenvalue weighted by atomic mass is 35.5. The van der Waals surface area contributed by atoms with Gasteiger partial charge >= 0.3 is 0 Å². The van der Waals surface area contributed by atoms with Gasteiger partial charge in [0.05, 0.1) is 16.6 Å². The van der Waals surface area contributed by atoms with Crippen molar-refractivity contribution < 1.29 is 4.42 Å². The molecule has 30 heavy (non-hydrogen) atoms. The maximum Gasteiger partial charge on any atom is 0.247 e. The molecule has 0 saturated heterocycles. The van der Waals surface area contributed by atoms with Crippen molar-refractivity contribution in [3.8, 4) is 11.5 Å². The van der Waals surface area contributed by atoms with Crippen molar-refractivity contribution in [1.82, 2.24) is 24.7 Å². The fourth-order valence-corrected chi connectivity index (χ4v) is 3.92. The van der Waals surface area contributed by atoms with Crippen molar-refractivity contribution in [3.05, 3.63) is 83.7 Å². The van der Waals surface area contributed by atoms with Crippen molar-refractivity contribution >= 4 is 44.7 Å². The molecule has 0 N–H and O–H groups in total. The van der Waals surface area contributed by atoms with Crippen LogP contribution in [0.25, 0.3) is 44.6 Å². The third-order valence-electron chi connectivity index (χ3n) is 5.09. The minimum Gasteiger partial charge on any atom is -0.419 e. The number of nitrogens with zero attached hydrogens (tertiary/aromatic N) is 5. The fourth-order valence-electron chi connectivity index (χ4n) is 3.73. The average Bonchev–Trinajstić information content (AvgIpc) is 3.36. The smallest absolute Gasteiger partial charge is 0.247 e. The molecule has 3 heterocycles. The van der Waals surface area contributed by atoms with Crippen molar-refractivity contribution in [2.24, 2.45) is 0 Å². The highest BCUT2D eigenvalue weighted by Gasteiger charge is 2.17. The number of para-hydroxylation sites is 3. The summed E-state index contributed by atoms with van der Waals surface area (Å²) in [6.45, 7) is 0.393. The summed E-state index contributed by atoms with van der Waals surface area (Å²) in [7, 11) is 0. The normalized spacial score (nSPS) is 11.6. The number of hydrogen-bond donors (Lipinski definition) is 0. The lowest BCUT2D eigenvalue weighted by atomic mass is 10.2. The summed E-state index contributed by atoms with van der Waals surface area (Å²) in [4.78, 5) is 9.75. The Hall–Kier alpha value is -3.77. The first kappa shape index (κ1) is 17.1. The Morgan fingerprint density at radius 3 is 2.50 bits per heavy atom. The van der Waals surface area contributed by atoms with Gasteiger partial charge in [0.15, 0.2) is 5.65 Å². The second-order valence-corrected chi connectivity index (χ2v) is 7.44. The highest BCUT2D eigenvalue weighted by molar-refractivity contribution is 6.30. The number of benzene rings is 3. The Morgan fingerprint density at radius 1 is 0.833 bits per heavy atom. The van der Waals surface area contributed by atoms with Crippen LogP contribution in [0.1, 0.15) is 5.89 Å². The lowest BCUT2D eigenvalue weighted by molar-refractivity contribution is 0.494. The highest BCUT2D eigenvalue weighted by Crippen LogP contribution is 2.29. The zero-order valence-corrected chi connectivity index (χ0v) is 16.4. The molecule has 0 spiro atoms. The quantitative estimate of drug-likeness (QED) is 0.385. The standard InChI is InChI=1S/C23H14ClN5O/c24-15-7-5-6-14(12-15)23-28-27-20(30-23)13-29-19-11-4-1-8-16(19)21-22(29)26-18-10-3-2-9-17(18)25-21/h1-12H,13H2. The van der Waals surface area contributed by atoms with Crippen molar-refractivity contribution in [2.45, 2.75) is 6.54 Å². The Balaban J connectivity index is 1.51. The van der Waals surface area contributed by atoms with Crippen molar-refractivity contribution in [3.63, 3.8) is 0 Å². The predicted octanol–water partition coefficient (Wildman–Crippen LogP) is 5.49. The van der Waals surface area contributed by atoms with Crippen molar-refractivity contribution in [2.75, 3.05) is 0 Å². The van der Waals surface area contributed by atoms with E-state index in [1.54, 1.807) is 6.07 Å². The van der Waals surface area contributed by atoms with Crippen LogP contribution in [0.5, 0.6) is 0 Å². The van der Waals surface area contributed by atoms with Crippen LogP contribution in [0.4, 0.5) is 0 Å². The molecule has 6 aromatic rings. The largest absolute Gasteiger partial charge is 0.419 e. The topological polar surface area (TPSA) is 69.6 Å². The van der Waals surface area contributed by atoms with E-state index in [0.717, 1.165) is 38.7 Å². The second kappa shape index (κ2) is 6.64. The van der Waals surface area contributed by atoms with Gasteiger partial charge in [0.25, 0.3) is 0 Å². The predicted molar refractivity (Wildman–Crippen MR) is 116 cm³/mol. The molecule has 0 atom stereocenters. The molecular weight excluding hydrogens is 398 g/mol. The van der Waals surface area contributed by atoms with Crippen LogP contribution in [0.15, 0.2) is 77.2 Å². The Morgan fingerprint density at radius 2 is 1.63 bits per heavy atom. The van der Waals surface area contributed by atoms with Crippen LogP contribution in [0.2, 0.25) is 5.02 Å². The van der Waals surface area contributed by atoms with E-state index in [4.69, 9.17) is 26.0 Å². The summed E-state index contributed by atoms with van der Waals surface area (Å²) in [5.74, 6) is 0.924. The number of fused-ring (bicyclic) bond motifs is 4. The molecule has 3 aromatic heterocycles. The molecule has 0 radical (unpaired) electrons. The lowest BCUT2D eigenvalue weighted by Gasteiger charge is -2.04. The van der Waals surface area contributed by atoms with Crippen LogP contribution in [0, 0.1) is 0 Å². The summed E-state index contributed by atoms with van der Waals surface area (Å²) in [6.07, 6.45) is 0. The van der Waals surface area contributed by atoms with E-state index in [0.29, 0.717) is 23.3 Å². The Bertz CT molecular complexity index is 1550. The summed E-state index contributed by atoms with van der Waals surface area (Å²) >= 11 is 6.09. The molecule has 3 aromatic carbocycles. The van der Waals surface area contributed by atoms with Crippen LogP contribution >= 0.6 is 11.6 Å². The van der Waals surface area contributed by atoms with E-state index in [-0.39, 0.29) is 0 Å². The van der Waals surface area contributed by atoms with E-state index >= 15 is 0 Å². The zero-order chi connectivity index (χ0) is 20.1. The molecule has 0 saturated carbocycles. The SMILES string of the molecule is Clc1cccc(-c2nnc(Cn3c4ccccc4c4nc5ccccc5nc43)o2)c1. The van der Waals surface area contributed by atoms with Crippen LogP contribution in [-0.4, -0.2) is 24.7 Å². The van der Waals surface area contributed by atoms with Gasteiger partial charge < -0.3 is 8.98 Å². The van der Waals surface area contributed by atoms with E-state index in [2.05, 4.69) is 26.9 Å². The van der Waals surface area contributed by atoms with Crippen LogP contribution in [0.3, 0.4) is 0 Å². The molecule has 6 nitrogen and oxygen atoms in total. The van der Waals surface area contributed by atoms with Crippen LogP contribution in [-0.2, 0) is 6.54 Å². The summed E-state index contributed by atoms with van der Waals surface area (Å²) in [5, 5.41) is 10.1. The molecule has 0 unspecified atom stereocenters. The number of halogens is 1. The third-order valence-corrected chi connectivity index (χ3v) is 5.32. The molecule has 0 aliphatic carbocycles. The Kier molecular flexibility index (Phi) is 3.79. The van der Waals surface area contributed by atoms with Gasteiger partial charge in [0, 0.05) is 16.0 Å². The van der Waals surface area contributed by atoms with Gasteiger partial charge in [0.2, 0.25) is 11.8 Å². The van der Waals surface area contributed by atoms with Gasteiger partial charge in [0.1, 0.15) is 12.1 Å². The summed E-state index contributed by atoms with van der Waals surface area (Å²) < 4.78 is 8.00. The first-order valence-electron chi connectivity index (χ1n) is 9.48. The van der Waals surface area contributed by atoms with Gasteiger partial charge in [-0.1, -0.05) is 48.0 Å². The Labute approximate surface area is 175 Å². The molecule has 0 bridgehead atoms. The molecular formula is C23H14ClN5O. The molecule has 144 valence electrons. The van der Waals surface area contributed by atoms with Crippen molar-refractivity contribution in [1.29, 1.82) is 0 Å². The molecule has 0 aliphatic rings. The monoisotopic (exact) mass is 411 g/mol. The van der Waals surface area contributed by atoms with Crippen LogP contribution < -0.4 is 0 Å². The molecule has 0 amide bonds. The minimum atomic E-state index is 0.393. The van der Waals surface area contributed by atoms with Gasteiger partial charge in [-0.2, -0.15) is 0 Å². The van der Waals surface area contributed by atoms with E-state index in [1.807, 2.05) is 54.6 Å². The number of aromatic nitrogens is 5. The van der Waals surface area contributed by atoms with Gasteiger partial charge in [-0.15, -0.1) is 10.2 Å². The second-order valence-electron chi connectivity index (χ2n) is 7.00. The lowest BCUT2D eigenvalue weighted by Crippen LogP contribution is -2.01. The van der Waals surface area contributed by atoms with Gasteiger partial charge in [-0.05, 0) is 36.4 Å². The summed E-state index contributed by atoms with van der Waals surface area (Å²) in [5.41, 5.74) is 5.17. The molecule has 0 aliphatic heterocycles. The maximum absolute atomic E-state index is 6.09. The summed E-state index contributed by atoms with van der Waals surface area (Å²) in [6, 6.07) is 23.4. The molecule has 0 fully saturated rings. The molecule has 7 heteroatoms. The average molecular weight is 412 g/mol. The van der Waals surface area contributed by atoms with E-state index in [9.17, 15) is 0 Å². The van der Waals surface area contributed by atoms with Gasteiger partial charge in [-0.3, -0.25) is 0 Å². The maximum atomic E-state index is 6.09. The minimum absolute atomic E-state index is 0.393. The van der Waals surface area contributed by atoms with E-state index in [1.165, 1.54) is 0 Å². The number of rotatable bonds is 3. The zero-order valence-electron chi connectivity index (χ0n) is 15.7. The molecule has 6 rings (SSSR count). The van der Waals surface area contributed by atoms with E-state index < -0.39 is 0 Å². The first-order valence-corrected chi connectivity index (χ1v) is 9.86. The van der Waals surface area contributed by atoms with Gasteiger partial charge in [-0.25, -0.2) is 9.97 Å².